The lowest BCUT2D eigenvalue weighted by Crippen LogP contribution is -2.47. The molecule has 1 fully saturated rings. The van der Waals surface area contributed by atoms with Gasteiger partial charge in [-0.15, -0.1) is 0 Å². The number of fused-ring (bicyclic) bond motifs is 1. The number of rotatable bonds is 4. The van der Waals surface area contributed by atoms with E-state index >= 15 is 0 Å². The third kappa shape index (κ3) is 3.09. The Morgan fingerprint density at radius 1 is 1.52 bits per heavy atom. The third-order valence-electron chi connectivity index (χ3n) is 4.07. The van der Waals surface area contributed by atoms with E-state index < -0.39 is 0 Å². The average Bonchev–Trinajstić information content (AvgIpc) is 2.91. The Morgan fingerprint density at radius 2 is 2.38 bits per heavy atom. The van der Waals surface area contributed by atoms with Gasteiger partial charge in [0.1, 0.15) is 5.76 Å². The highest BCUT2D eigenvalue weighted by molar-refractivity contribution is 7.99. The minimum absolute atomic E-state index is 0.205. The predicted molar refractivity (Wildman–Crippen MR) is 91.4 cm³/mol. The molecule has 1 aromatic heterocycles. The first-order valence-electron chi connectivity index (χ1n) is 7.40. The summed E-state index contributed by atoms with van der Waals surface area (Å²) in [7, 11) is 2.20. The monoisotopic (exact) mass is 324 g/mol. The summed E-state index contributed by atoms with van der Waals surface area (Å²) < 4.78 is 6.08. The highest BCUT2D eigenvalue weighted by Gasteiger charge is 2.31. The van der Waals surface area contributed by atoms with Crippen molar-refractivity contribution in [2.45, 2.75) is 19.0 Å². The van der Waals surface area contributed by atoms with Crippen LogP contribution in [0.2, 0.25) is 5.02 Å². The molecule has 21 heavy (non-hydrogen) atoms. The first-order valence-corrected chi connectivity index (χ1v) is 8.93. The van der Waals surface area contributed by atoms with Crippen LogP contribution in [0.1, 0.15) is 18.7 Å². The third-order valence-corrected chi connectivity index (χ3v) is 5.42. The van der Waals surface area contributed by atoms with Crippen molar-refractivity contribution in [3.8, 4) is 0 Å². The number of nitrogens with one attached hydrogen (secondary N) is 1. The first-order chi connectivity index (χ1) is 10.2. The molecule has 1 N–H and O–H groups in total. The first kappa shape index (κ1) is 15.2. The van der Waals surface area contributed by atoms with Crippen molar-refractivity contribution >= 4 is 34.3 Å². The molecule has 0 spiro atoms. The molecule has 2 atom stereocenters. The Bertz CT molecular complexity index is 615. The minimum Gasteiger partial charge on any atom is -0.458 e. The summed E-state index contributed by atoms with van der Waals surface area (Å²) in [5, 5.41) is 5.34. The van der Waals surface area contributed by atoms with Crippen molar-refractivity contribution in [1.82, 2.24) is 10.2 Å². The number of thioether (sulfide) groups is 1. The van der Waals surface area contributed by atoms with Gasteiger partial charge in [0.25, 0.3) is 0 Å². The zero-order chi connectivity index (χ0) is 14.8. The van der Waals surface area contributed by atoms with Crippen molar-refractivity contribution < 1.29 is 4.42 Å². The fraction of sp³-hybridized carbons (Fsp3) is 0.500. The molecule has 3 nitrogen and oxygen atoms in total. The fourth-order valence-corrected chi connectivity index (χ4v) is 4.40. The van der Waals surface area contributed by atoms with E-state index in [1.165, 1.54) is 5.75 Å². The lowest BCUT2D eigenvalue weighted by molar-refractivity contribution is 0.203. The van der Waals surface area contributed by atoms with Crippen LogP contribution in [-0.2, 0) is 0 Å². The number of hydrogen-bond acceptors (Lipinski definition) is 4. The molecule has 114 valence electrons. The van der Waals surface area contributed by atoms with Crippen LogP contribution in [0.15, 0.2) is 28.7 Å². The molecule has 0 amide bonds. The van der Waals surface area contributed by atoms with E-state index in [1.807, 2.05) is 23.9 Å². The summed E-state index contributed by atoms with van der Waals surface area (Å²) in [6.07, 6.45) is 0. The van der Waals surface area contributed by atoms with Gasteiger partial charge < -0.3 is 9.73 Å². The molecule has 0 bridgehead atoms. The summed E-state index contributed by atoms with van der Waals surface area (Å²) in [5.41, 5.74) is 0.795. The maximum absolute atomic E-state index is 6.24. The molecule has 2 heterocycles. The number of hydrogen-bond donors (Lipinski definition) is 1. The lowest BCUT2D eigenvalue weighted by Gasteiger charge is -2.37. The van der Waals surface area contributed by atoms with Crippen LogP contribution in [0.25, 0.3) is 11.0 Å². The maximum atomic E-state index is 6.24. The van der Waals surface area contributed by atoms with Crippen molar-refractivity contribution in [3.63, 3.8) is 0 Å². The summed E-state index contributed by atoms with van der Waals surface area (Å²) in [4.78, 5) is 2.43. The predicted octanol–water partition coefficient (Wildman–Crippen LogP) is 3.78. The Morgan fingerprint density at radius 3 is 3.10 bits per heavy atom. The van der Waals surface area contributed by atoms with E-state index in [2.05, 4.69) is 36.3 Å². The smallest absolute Gasteiger partial charge is 0.152 e. The summed E-state index contributed by atoms with van der Waals surface area (Å²) >= 11 is 8.25. The normalized spacial score (nSPS) is 21.8. The largest absolute Gasteiger partial charge is 0.458 e. The van der Waals surface area contributed by atoms with Gasteiger partial charge in [-0.25, -0.2) is 0 Å². The second-order valence-corrected chi connectivity index (χ2v) is 7.02. The van der Waals surface area contributed by atoms with Crippen LogP contribution in [0.5, 0.6) is 0 Å². The molecule has 0 aliphatic carbocycles. The number of para-hydroxylation sites is 1. The molecule has 0 radical (unpaired) electrons. The summed E-state index contributed by atoms with van der Waals surface area (Å²) in [6.45, 7) is 4.18. The molecular formula is C16H21ClN2OS. The van der Waals surface area contributed by atoms with Gasteiger partial charge in [0.05, 0.1) is 11.1 Å². The van der Waals surface area contributed by atoms with Gasteiger partial charge in [-0.1, -0.05) is 30.7 Å². The Balaban J connectivity index is 1.96. The Kier molecular flexibility index (Phi) is 4.79. The zero-order valence-corrected chi connectivity index (χ0v) is 14.0. The van der Waals surface area contributed by atoms with Crippen LogP contribution in [0.3, 0.4) is 0 Å². The molecule has 5 heteroatoms. The van der Waals surface area contributed by atoms with Gasteiger partial charge >= 0.3 is 0 Å². The van der Waals surface area contributed by atoms with Crippen LogP contribution in [0.4, 0.5) is 0 Å². The number of halogens is 1. The molecule has 1 aliphatic rings. The van der Waals surface area contributed by atoms with Crippen molar-refractivity contribution in [1.29, 1.82) is 0 Å². The zero-order valence-electron chi connectivity index (χ0n) is 12.4. The van der Waals surface area contributed by atoms with Crippen LogP contribution in [0, 0.1) is 0 Å². The number of likely N-dealkylation sites (N-methyl/N-ethyl adjacent to an activating group) is 2. The highest BCUT2D eigenvalue weighted by atomic mass is 35.5. The molecule has 0 saturated carbocycles. The van der Waals surface area contributed by atoms with Crippen molar-refractivity contribution in [2.24, 2.45) is 0 Å². The molecule has 1 aromatic carbocycles. The topological polar surface area (TPSA) is 28.4 Å². The molecule has 1 aliphatic heterocycles. The van der Waals surface area contributed by atoms with Gasteiger partial charge in [0.15, 0.2) is 5.58 Å². The van der Waals surface area contributed by atoms with Gasteiger partial charge in [-0.2, -0.15) is 11.8 Å². The Hall–Kier alpha value is -0.680. The van der Waals surface area contributed by atoms with E-state index in [0.29, 0.717) is 11.1 Å². The molecule has 1 saturated heterocycles. The molecule has 3 rings (SSSR count). The van der Waals surface area contributed by atoms with Crippen LogP contribution in [-0.4, -0.2) is 42.6 Å². The molecule has 2 unspecified atom stereocenters. The fourth-order valence-electron chi connectivity index (χ4n) is 2.90. The number of furan rings is 1. The van der Waals surface area contributed by atoms with Gasteiger partial charge in [-0.05, 0) is 25.7 Å². The Labute approximate surface area is 135 Å². The van der Waals surface area contributed by atoms with E-state index in [1.54, 1.807) is 0 Å². The quantitative estimate of drug-likeness (QED) is 0.926. The van der Waals surface area contributed by atoms with Crippen molar-refractivity contribution in [2.75, 3.05) is 31.6 Å². The number of nitrogens with zero attached hydrogens (tertiary/aromatic N) is 1. The van der Waals surface area contributed by atoms with Gasteiger partial charge in [0, 0.05) is 29.5 Å². The average molecular weight is 325 g/mol. The summed E-state index contributed by atoms with van der Waals surface area (Å²) in [6, 6.07) is 8.67. The van der Waals surface area contributed by atoms with Crippen LogP contribution < -0.4 is 5.32 Å². The van der Waals surface area contributed by atoms with Gasteiger partial charge in [-0.3, -0.25) is 4.90 Å². The van der Waals surface area contributed by atoms with E-state index in [0.717, 1.165) is 35.6 Å². The number of benzene rings is 1. The van der Waals surface area contributed by atoms with Crippen molar-refractivity contribution in [3.05, 3.63) is 35.0 Å². The minimum atomic E-state index is 0.205. The molecule has 2 aromatic rings. The molecular weight excluding hydrogens is 304 g/mol. The highest BCUT2D eigenvalue weighted by Crippen LogP contribution is 2.33. The second kappa shape index (κ2) is 6.61. The van der Waals surface area contributed by atoms with Crippen LogP contribution >= 0.6 is 23.4 Å². The maximum Gasteiger partial charge on any atom is 0.152 e. The lowest BCUT2D eigenvalue weighted by atomic mass is 10.1. The van der Waals surface area contributed by atoms with E-state index in [9.17, 15) is 0 Å². The van der Waals surface area contributed by atoms with E-state index in [4.69, 9.17) is 16.0 Å². The standard InChI is InChI=1S/C16H21ClN2OS/c1-3-18-15(13-10-21-8-7-19(13)2)14-9-11-5-4-6-12(17)16(11)20-14/h4-6,9,13,15,18H,3,7-8,10H2,1-2H3. The van der Waals surface area contributed by atoms with Gasteiger partial charge in [0.2, 0.25) is 0 Å². The summed E-state index contributed by atoms with van der Waals surface area (Å²) in [5.74, 6) is 3.32. The van der Waals surface area contributed by atoms with E-state index in [-0.39, 0.29) is 6.04 Å². The second-order valence-electron chi connectivity index (χ2n) is 5.47. The SMILES string of the molecule is CCNC(c1cc2cccc(Cl)c2o1)C1CSCCN1C.